The topological polar surface area (TPSA) is 406 Å². The number of likely N-dealkylation sites (N-methyl/N-ethyl adjacent to an activating group) is 1. The molecule has 3 heterocycles. The minimum Gasteiger partial charge on any atom is -0.505 e. The number of carbonyl (C=O) groups excluding carboxylic acids is 7. The lowest BCUT2D eigenvalue weighted by atomic mass is 9.84. The monoisotopic (exact) mass is 1600 g/mol. The predicted octanol–water partition coefficient (Wildman–Crippen LogP) is 9.99. The van der Waals surface area contributed by atoms with E-state index in [1.54, 1.807) is 12.1 Å². The van der Waals surface area contributed by atoms with E-state index in [1.807, 2.05) is 121 Å². The summed E-state index contributed by atoms with van der Waals surface area (Å²) in [6.07, 6.45) is 9.84. The molecule has 33 heteroatoms. The normalized spacial score (nSPS) is 11.6. The Kier molecular flexibility index (Phi) is 37.9. The molecule has 115 heavy (non-hydrogen) atoms. The second-order valence-corrected chi connectivity index (χ2v) is 30.5. The number of nitrogens with one attached hydrogen (secondary N) is 5. The molecule has 7 rings (SSSR count). The summed E-state index contributed by atoms with van der Waals surface area (Å²) in [7, 11) is 1.82. The van der Waals surface area contributed by atoms with Crippen LogP contribution in [0.25, 0.3) is 33.4 Å². The molecule has 7 N–H and O–H groups in total. The van der Waals surface area contributed by atoms with E-state index in [-0.39, 0.29) is 103 Å². The van der Waals surface area contributed by atoms with E-state index >= 15 is 0 Å². The number of aryl methyl sites for hydroxylation is 2. The Morgan fingerprint density at radius 1 is 0.400 bits per heavy atom. The van der Waals surface area contributed by atoms with Gasteiger partial charge in [-0.3, -0.25) is 19.3 Å². The van der Waals surface area contributed by atoms with Crippen LogP contribution in [0.2, 0.25) is 0 Å². The lowest BCUT2D eigenvalue weighted by molar-refractivity contribution is -0.145. The zero-order valence-electron chi connectivity index (χ0n) is 68.2. The third-order valence-electron chi connectivity index (χ3n) is 19.0. The number of unbranched alkanes of at least 4 members (excludes halogenated alkanes) is 12. The van der Waals surface area contributed by atoms with Gasteiger partial charge in [-0.05, 0) is 136 Å². The van der Waals surface area contributed by atoms with Crippen molar-refractivity contribution in [2.45, 2.75) is 220 Å². The Hall–Kier alpha value is -10.9. The van der Waals surface area contributed by atoms with Gasteiger partial charge in [0, 0.05) is 95.8 Å². The number of ether oxygens (including phenoxy) is 6. The summed E-state index contributed by atoms with van der Waals surface area (Å²) in [5, 5.41) is 54.5. The van der Waals surface area contributed by atoms with E-state index in [1.165, 1.54) is 9.59 Å². The first-order valence-electron chi connectivity index (χ1n) is 40.4. The molecule has 630 valence electrons. The lowest BCUT2D eigenvalue weighted by Crippen LogP contribution is -2.54. The van der Waals surface area contributed by atoms with E-state index in [0.29, 0.717) is 174 Å². The van der Waals surface area contributed by atoms with Crippen LogP contribution in [0.5, 0.6) is 11.5 Å². The number of nitrogens with zero attached hydrogens (tertiary/aromatic N) is 10. The Labute approximate surface area is 670 Å². The maximum absolute atomic E-state index is 14.0. The van der Waals surface area contributed by atoms with Crippen molar-refractivity contribution in [1.29, 1.82) is 0 Å². The number of phenols is 2. The quantitative estimate of drug-likeness (QED) is 0.0106. The van der Waals surface area contributed by atoms with Gasteiger partial charge in [-0.2, -0.15) is 0 Å². The van der Waals surface area contributed by atoms with Gasteiger partial charge < -0.3 is 65.2 Å². The zero-order chi connectivity index (χ0) is 83.1. The minimum atomic E-state index is -0.714. The van der Waals surface area contributed by atoms with Crippen LogP contribution >= 0.6 is 0 Å². The SMILES string of the molecule is CCCC(=O)NCCCCCCNC(=O)OCCN(C)CCOC(=O)NCCCCCCn1c(=O)n(CCCCCCNC(=O)OCCOC(=O)CCc2cc(-n3nc4ccccc4n3)c(O)c(C(C)(C)C)c2)c(=O)n(CCCCCCNC(=O)OCCOC(=O)CCc2cc(-n3nc4ccccc4n3)c(O)c(C(C)(C)C)c2)c1=O. The molecule has 0 aliphatic heterocycles. The fraction of sp³-hybridized carbons (Fsp3) is 0.585. The molecule has 0 aliphatic rings. The highest BCUT2D eigenvalue weighted by atomic mass is 16.6. The van der Waals surface area contributed by atoms with E-state index < -0.39 is 64.2 Å². The Bertz CT molecular complexity index is 4180. The molecule has 33 nitrogen and oxygen atoms in total. The molecule has 0 unspecified atom stereocenters. The molecule has 4 aromatic carbocycles. The number of hydrogen-bond acceptors (Lipinski definition) is 23. The fourth-order valence-electron chi connectivity index (χ4n) is 12.6. The van der Waals surface area contributed by atoms with Crippen LogP contribution in [0.15, 0.2) is 87.2 Å². The molecular weight excluding hydrogens is 1480 g/mol. The molecule has 5 amide bonds. The van der Waals surface area contributed by atoms with Gasteiger partial charge >= 0.3 is 53.4 Å². The summed E-state index contributed by atoms with van der Waals surface area (Å²) in [5.41, 5.74) is 3.34. The van der Waals surface area contributed by atoms with Gasteiger partial charge in [0.2, 0.25) is 5.91 Å². The van der Waals surface area contributed by atoms with Crippen LogP contribution in [0.1, 0.15) is 199 Å². The molecule has 0 aliphatic carbocycles. The van der Waals surface area contributed by atoms with Crippen molar-refractivity contribution >= 4 is 64.3 Å². The average Bonchev–Trinajstić information content (AvgIpc) is 1.70. The number of alkyl carbamates (subject to hydrolysis) is 4. The van der Waals surface area contributed by atoms with Crippen molar-refractivity contribution in [2.24, 2.45) is 0 Å². The second kappa shape index (κ2) is 47.7. The van der Waals surface area contributed by atoms with Crippen molar-refractivity contribution in [3.63, 3.8) is 0 Å². The highest BCUT2D eigenvalue weighted by Crippen LogP contribution is 2.38. The minimum absolute atomic E-state index is 0.0296. The van der Waals surface area contributed by atoms with Gasteiger partial charge in [0.15, 0.2) is 0 Å². The van der Waals surface area contributed by atoms with Gasteiger partial charge in [0.1, 0.15) is 84.6 Å². The number of fused-ring (bicyclic) bond motifs is 2. The summed E-state index contributed by atoms with van der Waals surface area (Å²) in [6, 6.07) is 22.0. The summed E-state index contributed by atoms with van der Waals surface area (Å²) >= 11 is 0. The standard InChI is InChI=1S/C82H119N15O18/c1-9-30-69(98)83-39-22-10-11-23-40-84-74(103)112-49-47-92(8)48-50-113-75(104)85-41-24-12-15-27-44-93-78(107)94(45-28-16-13-25-42-86-76(105)114-53-51-110-70(99)37-35-59-55-61(81(2,3)4)72(101)67(57-59)96-88-63-31-18-19-32-64(63)89-96)80(109)95(79(93)108)46-29-17-14-26-43-87-77(106)115-54-52-111-71(100)38-36-60-56-62(82(5,6)7)73(102)68(58-60)97-90-65-33-20-21-34-66(65)91-97/h18-21,31-34,55-58,101-102H,9-17,22-30,35-54H2,1-8H3,(H,83,98)(H,84,103)(H,85,104)(H,86,105)(H,87,106). The summed E-state index contributed by atoms with van der Waals surface area (Å²) < 4.78 is 35.1. The molecule has 0 saturated carbocycles. The highest BCUT2D eigenvalue weighted by Gasteiger charge is 2.27. The number of rotatable bonds is 50. The predicted molar refractivity (Wildman–Crippen MR) is 433 cm³/mol. The van der Waals surface area contributed by atoms with Crippen LogP contribution in [-0.2, 0) is 86.1 Å². The van der Waals surface area contributed by atoms with E-state index in [0.717, 1.165) is 56.9 Å². The van der Waals surface area contributed by atoms with E-state index in [2.05, 4.69) is 47.0 Å². The number of amides is 5. The molecule has 0 saturated heterocycles. The first-order valence-corrected chi connectivity index (χ1v) is 40.4. The summed E-state index contributed by atoms with van der Waals surface area (Å²) in [5.74, 6) is -0.825. The largest absolute Gasteiger partial charge is 0.505 e. The van der Waals surface area contributed by atoms with Gasteiger partial charge in [-0.15, -0.1) is 30.0 Å². The first kappa shape index (κ1) is 91.3. The number of phenolic OH excluding ortho intramolecular Hbond substituents is 2. The molecule has 3 aromatic heterocycles. The van der Waals surface area contributed by atoms with E-state index in [4.69, 9.17) is 28.4 Å². The fourth-order valence-corrected chi connectivity index (χ4v) is 12.6. The van der Waals surface area contributed by atoms with Crippen molar-refractivity contribution in [2.75, 3.05) is 92.5 Å². The number of aromatic hydroxyl groups is 2. The molecular formula is C82H119N15O18. The first-order chi connectivity index (χ1) is 55.2. The van der Waals surface area contributed by atoms with Crippen molar-refractivity contribution in [3.05, 3.63) is 127 Å². The Morgan fingerprint density at radius 3 is 1.01 bits per heavy atom. The van der Waals surface area contributed by atoms with Gasteiger partial charge in [-0.1, -0.05) is 136 Å². The summed E-state index contributed by atoms with van der Waals surface area (Å²) in [4.78, 5) is 133. The third-order valence-corrected chi connectivity index (χ3v) is 19.0. The van der Waals surface area contributed by atoms with Crippen LogP contribution in [0.4, 0.5) is 19.2 Å². The van der Waals surface area contributed by atoms with Crippen LogP contribution < -0.4 is 43.7 Å². The average molecular weight is 1600 g/mol. The molecule has 0 radical (unpaired) electrons. The van der Waals surface area contributed by atoms with Crippen LogP contribution in [0.3, 0.4) is 0 Å². The number of hydrogen-bond donors (Lipinski definition) is 7. The van der Waals surface area contributed by atoms with Crippen molar-refractivity contribution in [3.8, 4) is 22.9 Å². The molecule has 0 spiro atoms. The van der Waals surface area contributed by atoms with Gasteiger partial charge in [-0.25, -0.2) is 47.3 Å². The second-order valence-electron chi connectivity index (χ2n) is 30.5. The Balaban J connectivity index is 0.792. The van der Waals surface area contributed by atoms with Gasteiger partial charge in [0.25, 0.3) is 0 Å². The highest BCUT2D eigenvalue weighted by molar-refractivity contribution is 5.77. The molecule has 0 bridgehead atoms. The number of benzene rings is 4. The van der Waals surface area contributed by atoms with Crippen molar-refractivity contribution < 1.29 is 72.2 Å². The maximum Gasteiger partial charge on any atom is 0.407 e. The molecule has 0 fully saturated rings. The number of carbonyl (C=O) groups is 7. The molecule has 0 atom stereocenters. The van der Waals surface area contributed by atoms with Crippen molar-refractivity contribution in [1.82, 2.24) is 75.2 Å². The van der Waals surface area contributed by atoms with Gasteiger partial charge in [0.05, 0.1) is 0 Å². The smallest absolute Gasteiger partial charge is 0.407 e. The lowest BCUT2D eigenvalue weighted by Gasteiger charge is -2.23. The zero-order valence-corrected chi connectivity index (χ0v) is 68.2. The van der Waals surface area contributed by atoms with E-state index in [9.17, 15) is 58.2 Å². The number of aromatic nitrogens is 9. The third kappa shape index (κ3) is 31.5. The maximum atomic E-state index is 14.0. The van der Waals surface area contributed by atoms with Crippen LogP contribution in [-0.4, -0.2) is 194 Å². The van der Waals surface area contributed by atoms with Crippen LogP contribution in [0, 0.1) is 0 Å². The summed E-state index contributed by atoms with van der Waals surface area (Å²) in [6.45, 7) is 16.5. The number of esters is 2. The molecule has 7 aromatic rings. The Morgan fingerprint density at radius 2 is 0.696 bits per heavy atom.